The topological polar surface area (TPSA) is 227 Å². The van der Waals surface area contributed by atoms with Crippen LogP contribution < -0.4 is 20.9 Å². The number of hydrogen-bond acceptors (Lipinski definition) is 11. The van der Waals surface area contributed by atoms with Gasteiger partial charge in [-0.05, 0) is 31.0 Å². The number of H-pyrrole nitrogens is 1. The average molecular weight is 568 g/mol. The van der Waals surface area contributed by atoms with E-state index in [0.717, 1.165) is 23.3 Å². The highest BCUT2D eigenvalue weighted by molar-refractivity contribution is 7.52. The maximum Gasteiger partial charge on any atom is 0.459 e. The molecule has 0 aliphatic carbocycles. The van der Waals surface area contributed by atoms with E-state index in [9.17, 15) is 29.2 Å². The number of carbonyl (C=O) groups excluding carboxylic acids is 1. The summed E-state index contributed by atoms with van der Waals surface area (Å²) in [6.45, 7) is 2.47. The van der Waals surface area contributed by atoms with Gasteiger partial charge in [0.05, 0.1) is 13.2 Å². The maximum atomic E-state index is 13.8. The highest BCUT2D eigenvalue weighted by atomic mass is 31.2. The van der Waals surface area contributed by atoms with Crippen LogP contribution >= 0.6 is 7.75 Å². The third kappa shape index (κ3) is 7.34. The molecule has 6 atom stereocenters. The number of azide groups is 1. The van der Waals surface area contributed by atoms with Gasteiger partial charge in [0.25, 0.3) is 5.56 Å². The molecule has 1 fully saturated rings. The largest absolute Gasteiger partial charge is 0.465 e. The summed E-state index contributed by atoms with van der Waals surface area (Å²) in [5, 5.41) is 27.2. The molecule has 39 heavy (non-hydrogen) atoms. The molecular weight excluding hydrogens is 539 g/mol. The van der Waals surface area contributed by atoms with Crippen LogP contribution in [0.1, 0.15) is 32.9 Å². The summed E-state index contributed by atoms with van der Waals surface area (Å²) in [7, 11) is -4.49. The molecule has 0 saturated carbocycles. The zero-order chi connectivity index (χ0) is 28.6. The third-order valence-corrected chi connectivity index (χ3v) is 7.22. The number of benzene rings is 1. The molecule has 1 aliphatic heterocycles. The van der Waals surface area contributed by atoms with Crippen molar-refractivity contribution in [1.82, 2.24) is 14.6 Å². The summed E-state index contributed by atoms with van der Waals surface area (Å²) in [6.07, 6.45) is -3.05. The zero-order valence-corrected chi connectivity index (χ0v) is 22.0. The number of aliphatic hydroxyl groups is 2. The van der Waals surface area contributed by atoms with Crippen molar-refractivity contribution in [3.05, 3.63) is 73.9 Å². The van der Waals surface area contributed by atoms with E-state index in [0.29, 0.717) is 6.42 Å². The van der Waals surface area contributed by atoms with Gasteiger partial charge in [0.1, 0.15) is 24.0 Å². The summed E-state index contributed by atoms with van der Waals surface area (Å²) in [5.74, 6) is -0.651. The zero-order valence-electron chi connectivity index (χ0n) is 21.1. The number of hydrogen-bond donors (Lipinski definition) is 4. The molecule has 1 aliphatic rings. The second kappa shape index (κ2) is 13.0. The fourth-order valence-corrected chi connectivity index (χ4v) is 5.06. The van der Waals surface area contributed by atoms with Gasteiger partial charge in [-0.2, -0.15) is 5.09 Å². The van der Waals surface area contributed by atoms with Crippen molar-refractivity contribution in [3.8, 4) is 5.75 Å². The second-order valence-electron chi connectivity index (χ2n) is 8.54. The lowest BCUT2D eigenvalue weighted by molar-refractivity contribution is -0.145. The van der Waals surface area contributed by atoms with E-state index in [-0.39, 0.29) is 12.4 Å². The average Bonchev–Trinajstić information content (AvgIpc) is 3.14. The standard InChI is InChI=1S/C22H29N6O10P/c1-3-4-12-35-20(32)14(2)25-39(34,38-15-8-6-5-7-9-15)36-13-22(26-27-23)18(31)17(30)19(37-22)28-11-10-16(29)24-21(28)33/h5-11,14,17-19,30-31H,3-4,12-13H2,1-2H3,(H,25,34)(H,24,29,33)/t14-,17-,18+,19+,22+,39?/m0/s1. The molecule has 0 radical (unpaired) electrons. The predicted octanol–water partition coefficient (Wildman–Crippen LogP) is 1.32. The number of aromatic amines is 1. The van der Waals surface area contributed by atoms with Crippen molar-refractivity contribution in [3.63, 3.8) is 0 Å². The van der Waals surface area contributed by atoms with E-state index < -0.39 is 61.8 Å². The summed E-state index contributed by atoms with van der Waals surface area (Å²) < 4.78 is 36.3. The van der Waals surface area contributed by atoms with Gasteiger partial charge in [0, 0.05) is 17.2 Å². The Bertz CT molecular complexity index is 1350. The predicted molar refractivity (Wildman–Crippen MR) is 134 cm³/mol. The molecule has 1 aromatic heterocycles. The van der Waals surface area contributed by atoms with Crippen LogP contribution in [0, 0.1) is 0 Å². The number of aliphatic hydroxyl groups excluding tert-OH is 2. The smallest absolute Gasteiger partial charge is 0.459 e. The number of unbranched alkanes of at least 4 members (excludes halogenated alkanes) is 1. The van der Waals surface area contributed by atoms with Crippen LogP contribution in [-0.4, -0.2) is 62.9 Å². The van der Waals surface area contributed by atoms with Crippen LogP contribution in [0.25, 0.3) is 10.4 Å². The first-order valence-corrected chi connectivity index (χ1v) is 13.4. The first kappa shape index (κ1) is 30.1. The number of rotatable bonds is 13. The second-order valence-corrected chi connectivity index (χ2v) is 10.2. The Hall–Kier alpha value is -3.49. The molecule has 1 saturated heterocycles. The molecule has 17 heteroatoms. The van der Waals surface area contributed by atoms with Gasteiger partial charge < -0.3 is 24.2 Å². The first-order valence-electron chi connectivity index (χ1n) is 11.9. The molecule has 16 nitrogen and oxygen atoms in total. The molecule has 2 heterocycles. The fourth-order valence-electron chi connectivity index (χ4n) is 3.55. The van der Waals surface area contributed by atoms with Crippen molar-refractivity contribution in [2.24, 2.45) is 5.11 Å². The van der Waals surface area contributed by atoms with Gasteiger partial charge in [-0.3, -0.25) is 23.7 Å². The van der Waals surface area contributed by atoms with Gasteiger partial charge >= 0.3 is 19.4 Å². The molecule has 0 bridgehead atoms. The van der Waals surface area contributed by atoms with Crippen LogP contribution in [0.2, 0.25) is 0 Å². The lowest BCUT2D eigenvalue weighted by Crippen LogP contribution is -2.45. The molecule has 1 aromatic carbocycles. The van der Waals surface area contributed by atoms with Crippen LogP contribution in [0.3, 0.4) is 0 Å². The highest BCUT2D eigenvalue weighted by Gasteiger charge is 2.56. The summed E-state index contributed by atoms with van der Waals surface area (Å²) in [6, 6.07) is 7.59. The van der Waals surface area contributed by atoms with E-state index >= 15 is 0 Å². The number of esters is 1. The number of carbonyl (C=O) groups is 1. The van der Waals surface area contributed by atoms with Crippen LogP contribution in [0.4, 0.5) is 0 Å². The summed E-state index contributed by atoms with van der Waals surface area (Å²) in [5.41, 5.74) is 5.06. The summed E-state index contributed by atoms with van der Waals surface area (Å²) in [4.78, 5) is 40.6. The molecule has 1 unspecified atom stereocenters. The lowest BCUT2D eigenvalue weighted by atomic mass is 10.1. The van der Waals surface area contributed by atoms with Crippen molar-refractivity contribution in [2.45, 2.75) is 56.9 Å². The Morgan fingerprint density at radius 1 is 1.33 bits per heavy atom. The minimum absolute atomic E-state index is 0.0864. The maximum absolute atomic E-state index is 13.8. The SMILES string of the molecule is CCCCOC(=O)[C@H](C)NP(=O)(OC[C@@]1(N=[N+]=[N-])O[C@@H](n2ccc(=O)[nH]c2=O)[C@@H](O)[C@H]1O)Oc1ccccc1. The number of nitrogens with one attached hydrogen (secondary N) is 2. The van der Waals surface area contributed by atoms with Crippen LogP contribution in [0.15, 0.2) is 57.3 Å². The van der Waals surface area contributed by atoms with Crippen molar-refractivity contribution >= 4 is 13.7 Å². The van der Waals surface area contributed by atoms with Crippen molar-refractivity contribution in [1.29, 1.82) is 0 Å². The minimum Gasteiger partial charge on any atom is -0.465 e. The number of para-hydroxylation sites is 1. The third-order valence-electron chi connectivity index (χ3n) is 5.60. The van der Waals surface area contributed by atoms with Crippen LogP contribution in [0.5, 0.6) is 5.75 Å². The van der Waals surface area contributed by atoms with Gasteiger partial charge in [-0.15, -0.1) is 0 Å². The quantitative estimate of drug-likeness (QED) is 0.0672. The minimum atomic E-state index is -4.49. The Labute approximate surface area is 221 Å². The van der Waals surface area contributed by atoms with E-state index in [1.807, 2.05) is 11.9 Å². The summed E-state index contributed by atoms with van der Waals surface area (Å²) >= 11 is 0. The molecule has 2 aromatic rings. The van der Waals surface area contributed by atoms with E-state index in [1.54, 1.807) is 18.2 Å². The monoisotopic (exact) mass is 568 g/mol. The molecular formula is C22H29N6O10P. The molecule has 3 rings (SSSR count). The Morgan fingerprint density at radius 2 is 2.05 bits per heavy atom. The number of aromatic nitrogens is 2. The van der Waals surface area contributed by atoms with Crippen molar-refractivity contribution in [2.75, 3.05) is 13.2 Å². The molecule has 0 spiro atoms. The Morgan fingerprint density at radius 3 is 2.69 bits per heavy atom. The van der Waals surface area contributed by atoms with E-state index in [4.69, 9.17) is 24.1 Å². The molecule has 212 valence electrons. The molecule has 4 N–H and O–H groups in total. The Kier molecular flexibility index (Phi) is 10.1. The van der Waals surface area contributed by atoms with Gasteiger partial charge in [0.2, 0.25) is 5.72 Å². The van der Waals surface area contributed by atoms with Gasteiger partial charge in [-0.1, -0.05) is 36.7 Å². The highest BCUT2D eigenvalue weighted by Crippen LogP contribution is 2.48. The number of nitrogens with zero attached hydrogens (tertiary/aromatic N) is 4. The van der Waals surface area contributed by atoms with Crippen molar-refractivity contribution < 1.29 is 38.1 Å². The lowest BCUT2D eigenvalue weighted by Gasteiger charge is -2.29. The van der Waals surface area contributed by atoms with Gasteiger partial charge in [-0.25, -0.2) is 9.36 Å². The van der Waals surface area contributed by atoms with Crippen LogP contribution in [-0.2, 0) is 23.4 Å². The Balaban J connectivity index is 1.88. The normalized spacial score (nSPS) is 24.8. The van der Waals surface area contributed by atoms with Gasteiger partial charge in [0.15, 0.2) is 6.23 Å². The van der Waals surface area contributed by atoms with E-state index in [2.05, 4.69) is 15.1 Å². The molecule has 0 amide bonds. The van der Waals surface area contributed by atoms with E-state index in [1.165, 1.54) is 19.1 Å². The number of ether oxygens (including phenoxy) is 2. The fraction of sp³-hybridized carbons (Fsp3) is 0.500. The first-order chi connectivity index (χ1) is 18.5.